The third-order valence-corrected chi connectivity index (χ3v) is 3.96. The minimum absolute atomic E-state index is 0.00966. The maximum Gasteiger partial charge on any atom is 0.318 e. The normalized spacial score (nSPS) is 12.1. The molecule has 110 valence electrons. The molecule has 0 atom stereocenters. The second kappa shape index (κ2) is 7.78. The topological polar surface area (TPSA) is 83.9 Å². The first-order chi connectivity index (χ1) is 9.45. The Hall–Kier alpha value is -1.70. The maximum absolute atomic E-state index is 12.1. The molecule has 0 aliphatic heterocycles. The number of hydrogen-bond donors (Lipinski definition) is 1. The SMILES string of the molecule is COCCN(CC(=O)O)S(=O)(=O)C=Cc1ccccc1. The molecule has 0 saturated heterocycles. The van der Waals surface area contributed by atoms with Crippen molar-refractivity contribution in [2.24, 2.45) is 0 Å². The Kier molecular flexibility index (Phi) is 6.37. The Labute approximate surface area is 118 Å². The van der Waals surface area contributed by atoms with Crippen molar-refractivity contribution in [2.75, 3.05) is 26.8 Å². The molecule has 0 heterocycles. The second-order valence-corrected chi connectivity index (χ2v) is 5.80. The van der Waals surface area contributed by atoms with Gasteiger partial charge in [-0.1, -0.05) is 30.3 Å². The lowest BCUT2D eigenvalue weighted by atomic mass is 10.2. The number of ether oxygens (including phenoxy) is 1. The van der Waals surface area contributed by atoms with E-state index in [1.807, 2.05) is 6.07 Å². The van der Waals surface area contributed by atoms with Gasteiger partial charge in [0.2, 0.25) is 10.0 Å². The number of aliphatic carboxylic acids is 1. The molecule has 0 aromatic heterocycles. The summed E-state index contributed by atoms with van der Waals surface area (Å²) < 4.78 is 29.8. The van der Waals surface area contributed by atoms with Crippen LogP contribution in [0.1, 0.15) is 5.56 Å². The molecule has 0 fully saturated rings. The molecule has 0 amide bonds. The van der Waals surface area contributed by atoms with Gasteiger partial charge in [-0.15, -0.1) is 0 Å². The number of sulfonamides is 1. The zero-order valence-corrected chi connectivity index (χ0v) is 11.9. The predicted molar refractivity (Wildman–Crippen MR) is 75.5 cm³/mol. The Bertz CT molecular complexity index is 553. The average molecular weight is 299 g/mol. The third kappa shape index (κ3) is 5.52. The van der Waals surface area contributed by atoms with E-state index in [4.69, 9.17) is 9.84 Å². The van der Waals surface area contributed by atoms with Crippen LogP contribution in [-0.2, 0) is 19.6 Å². The highest BCUT2D eigenvalue weighted by molar-refractivity contribution is 7.92. The smallest absolute Gasteiger partial charge is 0.318 e. The molecular weight excluding hydrogens is 282 g/mol. The highest BCUT2D eigenvalue weighted by atomic mass is 32.2. The minimum Gasteiger partial charge on any atom is -0.480 e. The number of rotatable bonds is 8. The summed E-state index contributed by atoms with van der Waals surface area (Å²) in [4.78, 5) is 10.7. The van der Waals surface area contributed by atoms with Crippen LogP contribution in [0.2, 0.25) is 0 Å². The molecule has 0 bridgehead atoms. The zero-order chi connectivity index (χ0) is 15.0. The summed E-state index contributed by atoms with van der Waals surface area (Å²) in [5.74, 6) is -1.21. The van der Waals surface area contributed by atoms with Crippen molar-refractivity contribution in [1.82, 2.24) is 4.31 Å². The first-order valence-electron chi connectivity index (χ1n) is 5.89. The van der Waals surface area contributed by atoms with Crippen LogP contribution in [-0.4, -0.2) is 50.6 Å². The number of carboxylic acids is 1. The van der Waals surface area contributed by atoms with Gasteiger partial charge in [-0.25, -0.2) is 8.42 Å². The molecule has 6 nitrogen and oxygen atoms in total. The number of hydrogen-bond acceptors (Lipinski definition) is 4. The second-order valence-electron chi connectivity index (χ2n) is 3.98. The highest BCUT2D eigenvalue weighted by Crippen LogP contribution is 2.08. The molecule has 1 N–H and O–H groups in total. The number of nitrogens with zero attached hydrogens (tertiary/aromatic N) is 1. The lowest BCUT2D eigenvalue weighted by Crippen LogP contribution is -2.36. The van der Waals surface area contributed by atoms with Crippen LogP contribution < -0.4 is 0 Å². The van der Waals surface area contributed by atoms with E-state index in [1.165, 1.54) is 13.2 Å². The first-order valence-corrected chi connectivity index (χ1v) is 7.40. The minimum atomic E-state index is -3.80. The Morgan fingerprint density at radius 1 is 1.35 bits per heavy atom. The summed E-state index contributed by atoms with van der Waals surface area (Å²) >= 11 is 0. The number of benzene rings is 1. The van der Waals surface area contributed by atoms with Gasteiger partial charge in [0.15, 0.2) is 0 Å². The lowest BCUT2D eigenvalue weighted by Gasteiger charge is -2.17. The van der Waals surface area contributed by atoms with E-state index in [0.29, 0.717) is 0 Å². The Morgan fingerprint density at radius 2 is 2.00 bits per heavy atom. The van der Waals surface area contributed by atoms with E-state index in [9.17, 15) is 13.2 Å². The van der Waals surface area contributed by atoms with E-state index in [1.54, 1.807) is 24.3 Å². The zero-order valence-electron chi connectivity index (χ0n) is 11.1. The molecule has 0 aliphatic carbocycles. The molecule has 1 aromatic carbocycles. The van der Waals surface area contributed by atoms with Crippen molar-refractivity contribution >= 4 is 22.1 Å². The van der Waals surface area contributed by atoms with Gasteiger partial charge < -0.3 is 9.84 Å². The van der Waals surface area contributed by atoms with E-state index in [2.05, 4.69) is 0 Å². The highest BCUT2D eigenvalue weighted by Gasteiger charge is 2.21. The van der Waals surface area contributed by atoms with Gasteiger partial charge in [0.25, 0.3) is 0 Å². The Morgan fingerprint density at radius 3 is 2.55 bits per heavy atom. The lowest BCUT2D eigenvalue weighted by molar-refractivity contribution is -0.137. The molecule has 0 unspecified atom stereocenters. The van der Waals surface area contributed by atoms with Gasteiger partial charge in [-0.2, -0.15) is 4.31 Å². The largest absolute Gasteiger partial charge is 0.480 e. The number of carbonyl (C=O) groups is 1. The number of methoxy groups -OCH3 is 1. The fraction of sp³-hybridized carbons (Fsp3) is 0.308. The number of carboxylic acid groups (broad SMARTS) is 1. The van der Waals surface area contributed by atoms with E-state index in [0.717, 1.165) is 15.3 Å². The summed E-state index contributed by atoms with van der Waals surface area (Å²) in [5.41, 5.74) is 0.720. The van der Waals surface area contributed by atoms with Gasteiger partial charge in [-0.05, 0) is 11.6 Å². The maximum atomic E-state index is 12.1. The van der Waals surface area contributed by atoms with Crippen LogP contribution >= 0.6 is 0 Å². The van der Waals surface area contributed by atoms with Crippen LogP contribution in [0.25, 0.3) is 6.08 Å². The summed E-state index contributed by atoms with van der Waals surface area (Å²) in [6.07, 6.45) is 1.43. The van der Waals surface area contributed by atoms with Gasteiger partial charge in [-0.3, -0.25) is 4.79 Å². The van der Waals surface area contributed by atoms with Crippen molar-refractivity contribution in [1.29, 1.82) is 0 Å². The Balaban J connectivity index is 2.86. The molecule has 0 spiro atoms. The standard InChI is InChI=1S/C13H17NO5S/c1-19-9-8-14(11-13(15)16)20(17,18)10-7-12-5-3-2-4-6-12/h2-7,10H,8-9,11H2,1H3,(H,15,16). The van der Waals surface area contributed by atoms with E-state index in [-0.39, 0.29) is 13.2 Å². The molecular formula is C13H17NO5S. The van der Waals surface area contributed by atoms with E-state index >= 15 is 0 Å². The van der Waals surface area contributed by atoms with Crippen LogP contribution in [0.4, 0.5) is 0 Å². The summed E-state index contributed by atoms with van der Waals surface area (Å²) in [6, 6.07) is 8.89. The predicted octanol–water partition coefficient (Wildman–Crippen LogP) is 1.02. The summed E-state index contributed by atoms with van der Waals surface area (Å²) in [5, 5.41) is 9.76. The monoisotopic (exact) mass is 299 g/mol. The van der Waals surface area contributed by atoms with Gasteiger partial charge in [0.05, 0.1) is 6.61 Å². The quantitative estimate of drug-likeness (QED) is 0.775. The van der Waals surface area contributed by atoms with Crippen LogP contribution in [0, 0.1) is 0 Å². The molecule has 1 rings (SSSR count). The van der Waals surface area contributed by atoms with Crippen molar-refractivity contribution < 1.29 is 23.1 Å². The summed E-state index contributed by atoms with van der Waals surface area (Å²) in [7, 11) is -2.37. The average Bonchev–Trinajstić information content (AvgIpc) is 2.42. The summed E-state index contributed by atoms with van der Waals surface area (Å²) in [6.45, 7) is -0.471. The van der Waals surface area contributed by atoms with Gasteiger partial charge in [0, 0.05) is 19.1 Å². The van der Waals surface area contributed by atoms with Crippen molar-refractivity contribution in [3.63, 3.8) is 0 Å². The third-order valence-electron chi connectivity index (χ3n) is 2.45. The fourth-order valence-corrected chi connectivity index (χ4v) is 2.58. The van der Waals surface area contributed by atoms with Crippen LogP contribution in [0.5, 0.6) is 0 Å². The van der Waals surface area contributed by atoms with Crippen molar-refractivity contribution in [3.05, 3.63) is 41.3 Å². The molecule has 1 aromatic rings. The molecule has 20 heavy (non-hydrogen) atoms. The molecule has 0 saturated carbocycles. The van der Waals surface area contributed by atoms with E-state index < -0.39 is 22.5 Å². The van der Waals surface area contributed by atoms with Crippen molar-refractivity contribution in [3.8, 4) is 0 Å². The molecule has 0 aliphatic rings. The molecule has 0 radical (unpaired) electrons. The van der Waals surface area contributed by atoms with Gasteiger partial charge >= 0.3 is 5.97 Å². The van der Waals surface area contributed by atoms with Crippen LogP contribution in [0.3, 0.4) is 0 Å². The fourth-order valence-electron chi connectivity index (χ4n) is 1.46. The van der Waals surface area contributed by atoms with Crippen molar-refractivity contribution in [2.45, 2.75) is 0 Å². The first kappa shape index (κ1) is 16.4. The molecule has 7 heteroatoms. The van der Waals surface area contributed by atoms with Gasteiger partial charge in [0.1, 0.15) is 6.54 Å². The van der Waals surface area contributed by atoms with Crippen LogP contribution in [0.15, 0.2) is 35.7 Å².